The fourth-order valence-electron chi connectivity index (χ4n) is 2.22. The lowest BCUT2D eigenvalue weighted by Crippen LogP contribution is -2.21. The summed E-state index contributed by atoms with van der Waals surface area (Å²) in [5, 5.41) is 7.84. The number of nitrogens with one attached hydrogen (secondary N) is 3. The first kappa shape index (κ1) is 20.6. The van der Waals surface area contributed by atoms with Gasteiger partial charge in [0, 0.05) is 30.4 Å². The first-order valence-electron chi connectivity index (χ1n) is 8.60. The Kier molecular flexibility index (Phi) is 7.71. The van der Waals surface area contributed by atoms with E-state index in [1.807, 2.05) is 6.07 Å². The molecule has 0 aliphatic rings. The summed E-state index contributed by atoms with van der Waals surface area (Å²) in [6.45, 7) is 0.946. The molecule has 2 aromatic carbocycles. The number of carbonyl (C=O) groups excluding carboxylic acids is 4. The molecule has 0 spiro atoms. The first-order valence-corrected chi connectivity index (χ1v) is 8.60. The molecule has 0 heterocycles. The molecule has 0 unspecified atom stereocenters. The van der Waals surface area contributed by atoms with Crippen LogP contribution >= 0.6 is 0 Å². The van der Waals surface area contributed by atoms with Crippen LogP contribution in [0.4, 0.5) is 17.1 Å². The Morgan fingerprint density at radius 1 is 0.714 bits per heavy atom. The fourth-order valence-corrected chi connectivity index (χ4v) is 2.22. The Morgan fingerprint density at radius 2 is 1.25 bits per heavy atom. The molecular formula is C20H21N3O5. The van der Waals surface area contributed by atoms with Gasteiger partial charge in [0.25, 0.3) is 5.91 Å². The summed E-state index contributed by atoms with van der Waals surface area (Å²) in [5.74, 6) is -1.65. The maximum absolute atomic E-state index is 11.8. The molecule has 8 heteroatoms. The summed E-state index contributed by atoms with van der Waals surface area (Å²) in [5.41, 5.74) is 1.74. The van der Waals surface area contributed by atoms with Crippen LogP contribution in [0.3, 0.4) is 0 Å². The van der Waals surface area contributed by atoms with Crippen LogP contribution in [-0.4, -0.2) is 30.3 Å². The highest BCUT2D eigenvalue weighted by atomic mass is 16.5. The number of amides is 3. The standard InChI is InChI=1S/C20H21N3O5/c1-14(24)21-16-7-9-17(10-8-16)23-19(26)13-28-20(27)12-11-18(25)22-15-5-3-2-4-6-15/h2-10H,11-13H2,1H3,(H,21,24)(H,22,25)(H,23,26). The van der Waals surface area contributed by atoms with Crippen molar-refractivity contribution in [1.29, 1.82) is 0 Å². The van der Waals surface area contributed by atoms with Gasteiger partial charge < -0.3 is 20.7 Å². The van der Waals surface area contributed by atoms with Gasteiger partial charge in [-0.15, -0.1) is 0 Å². The molecule has 0 saturated carbocycles. The predicted molar refractivity (Wildman–Crippen MR) is 105 cm³/mol. The van der Waals surface area contributed by atoms with E-state index in [4.69, 9.17) is 4.74 Å². The first-order chi connectivity index (χ1) is 13.4. The molecular weight excluding hydrogens is 362 g/mol. The third kappa shape index (κ3) is 7.69. The highest BCUT2D eigenvalue weighted by molar-refractivity contribution is 5.95. The molecule has 0 saturated heterocycles. The SMILES string of the molecule is CC(=O)Nc1ccc(NC(=O)COC(=O)CCC(=O)Nc2ccccc2)cc1. The summed E-state index contributed by atoms with van der Waals surface area (Å²) < 4.78 is 4.87. The zero-order chi connectivity index (χ0) is 20.4. The van der Waals surface area contributed by atoms with Crippen molar-refractivity contribution in [2.24, 2.45) is 0 Å². The van der Waals surface area contributed by atoms with Crippen LogP contribution < -0.4 is 16.0 Å². The van der Waals surface area contributed by atoms with Crippen molar-refractivity contribution >= 4 is 40.8 Å². The summed E-state index contributed by atoms with van der Waals surface area (Å²) >= 11 is 0. The summed E-state index contributed by atoms with van der Waals surface area (Å²) in [6.07, 6.45) is -0.169. The normalized spacial score (nSPS) is 9.89. The van der Waals surface area contributed by atoms with Crippen LogP contribution in [0.2, 0.25) is 0 Å². The zero-order valence-corrected chi connectivity index (χ0v) is 15.4. The molecule has 0 aliphatic heterocycles. The van der Waals surface area contributed by atoms with Gasteiger partial charge in [-0.1, -0.05) is 18.2 Å². The lowest BCUT2D eigenvalue weighted by Gasteiger charge is -2.08. The van der Waals surface area contributed by atoms with Crippen LogP contribution in [0.15, 0.2) is 54.6 Å². The predicted octanol–water partition coefficient (Wildman–Crippen LogP) is 2.55. The molecule has 3 N–H and O–H groups in total. The van der Waals surface area contributed by atoms with E-state index in [0.717, 1.165) is 0 Å². The molecule has 0 radical (unpaired) electrons. The number of rotatable bonds is 8. The fraction of sp³-hybridized carbons (Fsp3) is 0.200. The van der Waals surface area contributed by atoms with Gasteiger partial charge in [0.15, 0.2) is 6.61 Å². The van der Waals surface area contributed by atoms with Crippen LogP contribution in [-0.2, 0) is 23.9 Å². The molecule has 0 aromatic heterocycles. The molecule has 146 valence electrons. The van der Waals surface area contributed by atoms with E-state index >= 15 is 0 Å². The van der Waals surface area contributed by atoms with Crippen LogP contribution in [0.1, 0.15) is 19.8 Å². The number of ether oxygens (including phenoxy) is 1. The van der Waals surface area contributed by atoms with Gasteiger partial charge >= 0.3 is 5.97 Å². The second-order valence-electron chi connectivity index (χ2n) is 5.88. The molecule has 8 nitrogen and oxygen atoms in total. The van der Waals surface area contributed by atoms with Gasteiger partial charge in [-0.2, -0.15) is 0 Å². The van der Waals surface area contributed by atoms with Gasteiger partial charge in [-0.25, -0.2) is 0 Å². The maximum atomic E-state index is 11.8. The molecule has 0 bridgehead atoms. The number of anilines is 3. The summed E-state index contributed by atoms with van der Waals surface area (Å²) in [4.78, 5) is 46.2. The van der Waals surface area contributed by atoms with Crippen LogP contribution in [0.25, 0.3) is 0 Å². The van der Waals surface area contributed by atoms with E-state index in [0.29, 0.717) is 17.1 Å². The summed E-state index contributed by atoms with van der Waals surface area (Å²) in [6, 6.07) is 15.4. The van der Waals surface area contributed by atoms with Gasteiger partial charge in [0.2, 0.25) is 11.8 Å². The van der Waals surface area contributed by atoms with Gasteiger partial charge in [-0.3, -0.25) is 19.2 Å². The van der Waals surface area contributed by atoms with Crippen molar-refractivity contribution in [2.45, 2.75) is 19.8 Å². The molecule has 2 aromatic rings. The van der Waals surface area contributed by atoms with E-state index in [-0.39, 0.29) is 24.7 Å². The molecule has 3 amide bonds. The van der Waals surface area contributed by atoms with Crippen molar-refractivity contribution in [3.8, 4) is 0 Å². The van der Waals surface area contributed by atoms with Crippen molar-refractivity contribution in [3.63, 3.8) is 0 Å². The Balaban J connectivity index is 1.67. The number of hydrogen-bond acceptors (Lipinski definition) is 5. The number of hydrogen-bond donors (Lipinski definition) is 3. The molecule has 0 fully saturated rings. The van der Waals surface area contributed by atoms with Crippen LogP contribution in [0, 0.1) is 0 Å². The zero-order valence-electron chi connectivity index (χ0n) is 15.4. The van der Waals surface area contributed by atoms with Gasteiger partial charge in [0.05, 0.1) is 6.42 Å². The Bertz CT molecular complexity index is 835. The second-order valence-corrected chi connectivity index (χ2v) is 5.88. The molecule has 28 heavy (non-hydrogen) atoms. The summed E-state index contributed by atoms with van der Waals surface area (Å²) in [7, 11) is 0. The monoisotopic (exact) mass is 383 g/mol. The smallest absolute Gasteiger partial charge is 0.306 e. The van der Waals surface area contributed by atoms with Crippen molar-refractivity contribution in [1.82, 2.24) is 0 Å². The largest absolute Gasteiger partial charge is 0.456 e. The average Bonchev–Trinajstić information content (AvgIpc) is 2.67. The molecule has 2 rings (SSSR count). The topological polar surface area (TPSA) is 114 Å². The molecule has 0 aliphatic carbocycles. The minimum absolute atomic E-state index is 0.0417. The quantitative estimate of drug-likeness (QED) is 0.606. The highest BCUT2D eigenvalue weighted by Crippen LogP contribution is 2.13. The van der Waals surface area contributed by atoms with Gasteiger partial charge in [-0.05, 0) is 36.4 Å². The van der Waals surface area contributed by atoms with E-state index in [1.54, 1.807) is 48.5 Å². The van der Waals surface area contributed by atoms with Crippen molar-refractivity contribution in [2.75, 3.05) is 22.6 Å². The van der Waals surface area contributed by atoms with Crippen molar-refractivity contribution < 1.29 is 23.9 Å². The Labute approximate surface area is 162 Å². The van der Waals surface area contributed by atoms with Crippen LogP contribution in [0.5, 0.6) is 0 Å². The van der Waals surface area contributed by atoms with Gasteiger partial charge in [0.1, 0.15) is 0 Å². The lowest BCUT2D eigenvalue weighted by atomic mass is 10.2. The van der Waals surface area contributed by atoms with Crippen molar-refractivity contribution in [3.05, 3.63) is 54.6 Å². The second kappa shape index (κ2) is 10.5. The number of esters is 1. The minimum atomic E-state index is -0.639. The average molecular weight is 383 g/mol. The third-order valence-corrected chi connectivity index (χ3v) is 3.47. The third-order valence-electron chi connectivity index (χ3n) is 3.47. The number of carbonyl (C=O) groups is 4. The van der Waals surface area contributed by atoms with E-state index in [1.165, 1.54) is 6.92 Å². The minimum Gasteiger partial charge on any atom is -0.456 e. The van der Waals surface area contributed by atoms with E-state index in [9.17, 15) is 19.2 Å². The number of benzene rings is 2. The Morgan fingerprint density at radius 3 is 1.86 bits per heavy atom. The molecule has 0 atom stereocenters. The van der Waals surface area contributed by atoms with E-state index in [2.05, 4.69) is 16.0 Å². The number of para-hydroxylation sites is 1. The Hall–Kier alpha value is -3.68. The maximum Gasteiger partial charge on any atom is 0.306 e. The lowest BCUT2D eigenvalue weighted by molar-refractivity contribution is -0.147. The highest BCUT2D eigenvalue weighted by Gasteiger charge is 2.11. The van der Waals surface area contributed by atoms with E-state index < -0.39 is 18.5 Å².